The van der Waals surface area contributed by atoms with Gasteiger partial charge < -0.3 is 25.2 Å². The number of carbonyl (C=O) groups is 2. The molecule has 4 N–H and O–H groups in total. The fourth-order valence-electron chi connectivity index (χ4n) is 4.41. The number of aliphatic hydroxyl groups is 4. The maximum Gasteiger partial charge on any atom is 0.303 e. The van der Waals surface area contributed by atoms with Gasteiger partial charge in [-0.1, -0.05) is 64.0 Å². The minimum atomic E-state index is -0.966. The second-order valence-corrected chi connectivity index (χ2v) is 9.18. The van der Waals surface area contributed by atoms with E-state index in [2.05, 4.69) is 11.7 Å². The summed E-state index contributed by atoms with van der Waals surface area (Å²) in [4.78, 5) is 22.3. The largest absolute Gasteiger partial charge is 0.458 e. The smallest absolute Gasteiger partial charge is 0.303 e. The van der Waals surface area contributed by atoms with Gasteiger partial charge in [0.25, 0.3) is 0 Å². The molecule has 2 unspecified atom stereocenters. The Morgan fingerprint density at radius 1 is 1.00 bits per heavy atom. The number of rotatable bonds is 17. The van der Waals surface area contributed by atoms with Crippen molar-refractivity contribution in [2.45, 2.75) is 115 Å². The first kappa shape index (κ1) is 28.8. The number of unbranched alkanes of at least 4 members (excludes halogenated alkanes) is 6. The van der Waals surface area contributed by atoms with Gasteiger partial charge in [-0.15, -0.1) is 0 Å². The average Bonchev–Trinajstić information content (AvgIpc) is 3.02. The second-order valence-electron chi connectivity index (χ2n) is 9.18. The van der Waals surface area contributed by atoms with E-state index >= 15 is 0 Å². The average molecular weight is 457 g/mol. The summed E-state index contributed by atoms with van der Waals surface area (Å²) < 4.78 is 4.69. The lowest BCUT2D eigenvalue weighted by Gasteiger charge is -2.22. The molecule has 1 aliphatic carbocycles. The normalized spacial score (nSPS) is 25.2. The highest BCUT2D eigenvalue weighted by Crippen LogP contribution is 2.37. The molecule has 1 rings (SSSR count). The van der Waals surface area contributed by atoms with E-state index in [0.29, 0.717) is 19.3 Å². The molecule has 0 aromatic carbocycles. The number of Topliss-reactive ketones (excluding diaryl/α,β-unsaturated/α-hetero) is 1. The van der Waals surface area contributed by atoms with Gasteiger partial charge in [0, 0.05) is 25.7 Å². The van der Waals surface area contributed by atoms with Crippen LogP contribution in [0, 0.1) is 11.8 Å². The summed E-state index contributed by atoms with van der Waals surface area (Å²) in [5, 5.41) is 41.1. The molecule has 7 heteroatoms. The Kier molecular flexibility index (Phi) is 14.7. The van der Waals surface area contributed by atoms with Crippen molar-refractivity contribution in [3.8, 4) is 0 Å². The van der Waals surface area contributed by atoms with Gasteiger partial charge in [-0.3, -0.25) is 9.59 Å². The molecule has 1 saturated carbocycles. The molecule has 0 aromatic rings. The molecule has 0 heterocycles. The number of aliphatic hydroxyl groups excluding tert-OH is 4. The Labute approximate surface area is 192 Å². The van der Waals surface area contributed by atoms with Crippen molar-refractivity contribution in [3.05, 3.63) is 12.2 Å². The monoisotopic (exact) mass is 456 g/mol. The number of carbonyl (C=O) groups excluding carboxylic acids is 2. The Hall–Kier alpha value is -1.28. The summed E-state index contributed by atoms with van der Waals surface area (Å²) >= 11 is 0. The van der Waals surface area contributed by atoms with Crippen LogP contribution in [0.25, 0.3) is 0 Å². The molecule has 0 aliphatic heterocycles. The third-order valence-electron chi connectivity index (χ3n) is 6.37. The Bertz CT molecular complexity index is 562. The quantitative estimate of drug-likeness (QED) is 0.151. The molecule has 1 aliphatic rings. The summed E-state index contributed by atoms with van der Waals surface area (Å²) in [6.45, 7) is 3.25. The Balaban J connectivity index is 2.35. The standard InChI is InChI=1S/C25H44O7/c1-3-4-5-10-13-22(28)23(29)15-14-21-20(24(30)16-25(21)31)12-9-7-6-8-11-19(27)17-32-18(2)26/h14-15,20-25,28-31H,3-13,16-17H2,1-2H3/b15-14+/t20-,21-,22?,23?,24+,25-/m1/s1. The molecule has 6 atom stereocenters. The van der Waals surface area contributed by atoms with E-state index in [0.717, 1.165) is 57.8 Å². The SMILES string of the molecule is CCCCCCC(O)C(O)/C=C/[C@@H]1[C@@H](CCCCCCC(=O)COC(C)=O)[C@@H](O)C[C@H]1O. The highest BCUT2D eigenvalue weighted by molar-refractivity contribution is 5.81. The number of ketones is 1. The topological polar surface area (TPSA) is 124 Å². The van der Waals surface area contributed by atoms with Gasteiger partial charge in [0.2, 0.25) is 0 Å². The number of ether oxygens (including phenoxy) is 1. The number of esters is 1. The van der Waals surface area contributed by atoms with Crippen LogP contribution >= 0.6 is 0 Å². The molecule has 7 nitrogen and oxygen atoms in total. The fourth-order valence-corrected chi connectivity index (χ4v) is 4.41. The zero-order valence-electron chi connectivity index (χ0n) is 19.8. The molecular weight excluding hydrogens is 412 g/mol. The van der Waals surface area contributed by atoms with Crippen LogP contribution < -0.4 is 0 Å². The van der Waals surface area contributed by atoms with Gasteiger partial charge in [0.15, 0.2) is 5.78 Å². The number of hydrogen-bond acceptors (Lipinski definition) is 7. The third kappa shape index (κ3) is 11.5. The minimum absolute atomic E-state index is 0.0779. The Morgan fingerprint density at radius 3 is 2.38 bits per heavy atom. The molecule has 0 amide bonds. The minimum Gasteiger partial charge on any atom is -0.458 e. The molecule has 0 radical (unpaired) electrons. The van der Waals surface area contributed by atoms with Gasteiger partial charge >= 0.3 is 5.97 Å². The zero-order valence-corrected chi connectivity index (χ0v) is 19.8. The first-order valence-electron chi connectivity index (χ1n) is 12.3. The summed E-state index contributed by atoms with van der Waals surface area (Å²) in [5.41, 5.74) is 0. The number of hydrogen-bond donors (Lipinski definition) is 4. The molecule has 186 valence electrons. The van der Waals surface area contributed by atoms with Crippen molar-refractivity contribution >= 4 is 11.8 Å². The lowest BCUT2D eigenvalue weighted by atomic mass is 9.87. The molecule has 0 aromatic heterocycles. The van der Waals surface area contributed by atoms with Crippen molar-refractivity contribution in [2.24, 2.45) is 11.8 Å². The summed E-state index contributed by atoms with van der Waals surface area (Å²) in [5.74, 6) is -0.850. The van der Waals surface area contributed by atoms with E-state index in [1.807, 2.05) is 0 Å². The van der Waals surface area contributed by atoms with Gasteiger partial charge in [-0.05, 0) is 25.2 Å². The van der Waals surface area contributed by atoms with Crippen molar-refractivity contribution in [2.75, 3.05) is 6.61 Å². The fraction of sp³-hybridized carbons (Fsp3) is 0.840. The van der Waals surface area contributed by atoms with Gasteiger partial charge in [-0.25, -0.2) is 0 Å². The first-order chi connectivity index (χ1) is 15.3. The van der Waals surface area contributed by atoms with Crippen LogP contribution in [-0.2, 0) is 14.3 Å². The van der Waals surface area contributed by atoms with Crippen LogP contribution in [0.3, 0.4) is 0 Å². The van der Waals surface area contributed by atoms with Gasteiger partial charge in [-0.2, -0.15) is 0 Å². The maximum atomic E-state index is 11.6. The van der Waals surface area contributed by atoms with E-state index in [1.54, 1.807) is 12.2 Å². The van der Waals surface area contributed by atoms with Crippen molar-refractivity contribution < 1.29 is 34.8 Å². The lowest BCUT2D eigenvalue weighted by molar-refractivity contribution is -0.145. The first-order valence-corrected chi connectivity index (χ1v) is 12.3. The molecule has 0 spiro atoms. The van der Waals surface area contributed by atoms with Crippen molar-refractivity contribution in [1.82, 2.24) is 0 Å². The molecular formula is C25H44O7. The van der Waals surface area contributed by atoms with Crippen LogP contribution in [0.1, 0.15) is 90.9 Å². The molecule has 32 heavy (non-hydrogen) atoms. The third-order valence-corrected chi connectivity index (χ3v) is 6.37. The van der Waals surface area contributed by atoms with Crippen LogP contribution in [-0.4, -0.2) is 63.2 Å². The van der Waals surface area contributed by atoms with Crippen LogP contribution in [0.4, 0.5) is 0 Å². The predicted molar refractivity (Wildman–Crippen MR) is 123 cm³/mol. The van der Waals surface area contributed by atoms with Crippen LogP contribution in [0.15, 0.2) is 12.2 Å². The van der Waals surface area contributed by atoms with Gasteiger partial charge in [0.05, 0.1) is 24.4 Å². The van der Waals surface area contributed by atoms with Crippen molar-refractivity contribution in [3.63, 3.8) is 0 Å². The van der Waals surface area contributed by atoms with Crippen molar-refractivity contribution in [1.29, 1.82) is 0 Å². The van der Waals surface area contributed by atoms with Gasteiger partial charge in [0.1, 0.15) is 6.61 Å². The zero-order chi connectivity index (χ0) is 23.9. The van der Waals surface area contributed by atoms with Crippen LogP contribution in [0.2, 0.25) is 0 Å². The second kappa shape index (κ2) is 16.4. The predicted octanol–water partition coefficient (Wildman–Crippen LogP) is 3.07. The van der Waals surface area contributed by atoms with E-state index in [9.17, 15) is 30.0 Å². The molecule has 1 fully saturated rings. The summed E-state index contributed by atoms with van der Waals surface area (Å²) in [6.07, 6.45) is 9.89. The maximum absolute atomic E-state index is 11.6. The summed E-state index contributed by atoms with van der Waals surface area (Å²) in [7, 11) is 0. The van der Waals surface area contributed by atoms with Crippen LogP contribution in [0.5, 0.6) is 0 Å². The van der Waals surface area contributed by atoms with E-state index in [4.69, 9.17) is 0 Å². The summed E-state index contributed by atoms with van der Waals surface area (Å²) in [6, 6.07) is 0. The lowest BCUT2D eigenvalue weighted by Crippen LogP contribution is -2.25. The highest BCUT2D eigenvalue weighted by Gasteiger charge is 2.39. The molecule has 0 bridgehead atoms. The van der Waals surface area contributed by atoms with E-state index < -0.39 is 30.4 Å². The van der Waals surface area contributed by atoms with E-state index in [-0.39, 0.29) is 24.2 Å². The molecule has 0 saturated heterocycles. The highest BCUT2D eigenvalue weighted by atomic mass is 16.5. The van der Waals surface area contributed by atoms with E-state index in [1.165, 1.54) is 6.92 Å². The Morgan fingerprint density at radius 2 is 1.69 bits per heavy atom.